The summed E-state index contributed by atoms with van der Waals surface area (Å²) >= 11 is 0. The van der Waals surface area contributed by atoms with Crippen LogP contribution in [0.15, 0.2) is 36.1 Å². The fraction of sp³-hybridized carbons (Fsp3) is 0.429. The molecule has 0 rings (SSSR count). The van der Waals surface area contributed by atoms with Crippen LogP contribution in [0.2, 0.25) is 0 Å². The van der Waals surface area contributed by atoms with Crippen LogP contribution in [-0.2, 0) is 19.1 Å². The first-order valence-corrected chi connectivity index (χ1v) is 6.08. The Balaban J connectivity index is 4.82. The van der Waals surface area contributed by atoms with Crippen LogP contribution in [0.25, 0.3) is 0 Å². The molecule has 0 aromatic rings. The van der Waals surface area contributed by atoms with Crippen LogP contribution >= 0.6 is 0 Å². The normalized spacial score (nSPS) is 10.5. The number of hydrogen-bond donors (Lipinski definition) is 0. The number of carbonyl (C=O) groups is 2. The highest BCUT2D eigenvalue weighted by molar-refractivity contribution is 6.14. The van der Waals surface area contributed by atoms with Crippen molar-refractivity contribution in [2.75, 3.05) is 27.3 Å². The zero-order valence-corrected chi connectivity index (χ0v) is 11.9. The predicted molar refractivity (Wildman–Crippen MR) is 73.3 cm³/mol. The highest BCUT2D eigenvalue weighted by Crippen LogP contribution is 2.03. The molecule has 0 heterocycles. The maximum absolute atomic E-state index is 11.6. The van der Waals surface area contributed by atoms with Gasteiger partial charge < -0.3 is 14.4 Å². The van der Waals surface area contributed by atoms with Gasteiger partial charge in [0, 0.05) is 14.1 Å². The van der Waals surface area contributed by atoms with Crippen molar-refractivity contribution in [1.29, 1.82) is 0 Å². The van der Waals surface area contributed by atoms with Crippen LogP contribution in [0.4, 0.5) is 0 Å². The Morgan fingerprint density at radius 3 is 1.89 bits per heavy atom. The van der Waals surface area contributed by atoms with Crippen LogP contribution in [0.1, 0.15) is 13.8 Å². The van der Waals surface area contributed by atoms with E-state index in [1.54, 1.807) is 32.1 Å². The van der Waals surface area contributed by atoms with Crippen molar-refractivity contribution in [2.24, 2.45) is 0 Å². The third-order valence-corrected chi connectivity index (χ3v) is 1.86. The molecule has 19 heavy (non-hydrogen) atoms. The van der Waals surface area contributed by atoms with Crippen LogP contribution in [0, 0.1) is 0 Å². The van der Waals surface area contributed by atoms with Gasteiger partial charge in [0.1, 0.15) is 5.57 Å². The quantitative estimate of drug-likeness (QED) is 0.231. The van der Waals surface area contributed by atoms with Gasteiger partial charge in [-0.1, -0.05) is 12.2 Å². The largest absolute Gasteiger partial charge is 0.462 e. The number of carbonyl (C=O) groups excluding carboxylic acids is 2. The molecule has 0 aliphatic carbocycles. The summed E-state index contributed by atoms with van der Waals surface area (Å²) in [6.07, 6.45) is 8.29. The van der Waals surface area contributed by atoms with E-state index in [-0.39, 0.29) is 18.8 Å². The lowest BCUT2D eigenvalue weighted by molar-refractivity contribution is -0.146. The maximum atomic E-state index is 11.6. The summed E-state index contributed by atoms with van der Waals surface area (Å²) in [6.45, 7) is 3.77. The van der Waals surface area contributed by atoms with Crippen molar-refractivity contribution >= 4 is 11.9 Å². The molecule has 0 bridgehead atoms. The third kappa shape index (κ3) is 7.81. The predicted octanol–water partition coefficient (Wildman–Crippen LogP) is 1.67. The van der Waals surface area contributed by atoms with Crippen molar-refractivity contribution in [3.05, 3.63) is 36.1 Å². The van der Waals surface area contributed by atoms with Crippen LogP contribution in [0.3, 0.4) is 0 Å². The summed E-state index contributed by atoms with van der Waals surface area (Å²) in [5.74, 6) is -1.36. The number of rotatable bonds is 7. The van der Waals surface area contributed by atoms with Gasteiger partial charge >= 0.3 is 11.9 Å². The molecule has 106 valence electrons. The second kappa shape index (κ2) is 9.94. The van der Waals surface area contributed by atoms with Crippen LogP contribution in [0.5, 0.6) is 0 Å². The lowest BCUT2D eigenvalue weighted by Gasteiger charge is -2.05. The molecule has 0 saturated carbocycles. The van der Waals surface area contributed by atoms with E-state index in [9.17, 15) is 9.59 Å². The van der Waals surface area contributed by atoms with Gasteiger partial charge in [0.25, 0.3) is 0 Å². The molecule has 0 aromatic heterocycles. The van der Waals surface area contributed by atoms with E-state index in [2.05, 4.69) is 0 Å². The number of esters is 2. The Bertz CT molecular complexity index is 361. The zero-order chi connectivity index (χ0) is 14.7. The van der Waals surface area contributed by atoms with E-state index < -0.39 is 11.9 Å². The van der Waals surface area contributed by atoms with Gasteiger partial charge in [0.15, 0.2) is 0 Å². The minimum Gasteiger partial charge on any atom is -0.462 e. The van der Waals surface area contributed by atoms with E-state index in [1.165, 1.54) is 6.08 Å². The summed E-state index contributed by atoms with van der Waals surface area (Å²) in [7, 11) is 3.78. The molecular weight excluding hydrogens is 246 g/mol. The highest BCUT2D eigenvalue weighted by atomic mass is 16.6. The lowest BCUT2D eigenvalue weighted by Crippen LogP contribution is -2.18. The zero-order valence-electron chi connectivity index (χ0n) is 11.9. The number of nitrogens with zero attached hydrogens (tertiary/aromatic N) is 1. The van der Waals surface area contributed by atoms with Crippen molar-refractivity contribution < 1.29 is 19.1 Å². The Kier molecular flexibility index (Phi) is 8.87. The summed E-state index contributed by atoms with van der Waals surface area (Å²) in [4.78, 5) is 25.0. The van der Waals surface area contributed by atoms with Gasteiger partial charge in [-0.3, -0.25) is 0 Å². The Morgan fingerprint density at radius 2 is 1.47 bits per heavy atom. The average Bonchev–Trinajstić information content (AvgIpc) is 2.33. The lowest BCUT2D eigenvalue weighted by atomic mass is 10.2. The van der Waals surface area contributed by atoms with Crippen molar-refractivity contribution in [3.8, 4) is 0 Å². The van der Waals surface area contributed by atoms with Gasteiger partial charge in [-0.2, -0.15) is 0 Å². The van der Waals surface area contributed by atoms with Gasteiger partial charge in [-0.25, -0.2) is 9.59 Å². The first kappa shape index (κ1) is 17.0. The van der Waals surface area contributed by atoms with E-state index in [0.717, 1.165) is 0 Å². The molecule has 0 amide bonds. The van der Waals surface area contributed by atoms with Gasteiger partial charge in [-0.05, 0) is 32.2 Å². The van der Waals surface area contributed by atoms with Gasteiger partial charge in [-0.15, -0.1) is 0 Å². The fourth-order valence-electron chi connectivity index (χ4n) is 1.07. The Hall–Kier alpha value is -2.04. The smallest absolute Gasteiger partial charge is 0.345 e. The molecular formula is C14H21NO4. The monoisotopic (exact) mass is 267 g/mol. The Labute approximate surface area is 114 Å². The van der Waals surface area contributed by atoms with Crippen molar-refractivity contribution in [2.45, 2.75) is 13.8 Å². The summed E-state index contributed by atoms with van der Waals surface area (Å²) < 4.78 is 9.60. The standard InChI is InChI=1S/C14H21NO4/c1-5-18-13(16)12(14(17)19-6-2)10-8-7-9-11-15(3)4/h7-11H,5-6H2,1-4H3/b8-7+,11-9+. The maximum Gasteiger partial charge on any atom is 0.345 e. The highest BCUT2D eigenvalue weighted by Gasteiger charge is 2.19. The molecule has 0 radical (unpaired) electrons. The van der Waals surface area contributed by atoms with Crippen LogP contribution in [-0.4, -0.2) is 44.1 Å². The SMILES string of the molecule is CCOC(=O)C(=C/C=C/C=C/N(C)C)C(=O)OCC. The topological polar surface area (TPSA) is 55.8 Å². The minimum atomic E-state index is -0.679. The molecule has 5 nitrogen and oxygen atoms in total. The molecule has 0 atom stereocenters. The second-order valence-corrected chi connectivity index (χ2v) is 3.71. The van der Waals surface area contributed by atoms with Gasteiger partial charge in [0.2, 0.25) is 0 Å². The first-order chi connectivity index (χ1) is 9.02. The van der Waals surface area contributed by atoms with Crippen molar-refractivity contribution in [3.63, 3.8) is 0 Å². The molecule has 0 spiro atoms. The average molecular weight is 267 g/mol. The number of hydrogen-bond acceptors (Lipinski definition) is 5. The number of ether oxygens (including phenoxy) is 2. The first-order valence-electron chi connectivity index (χ1n) is 6.08. The van der Waals surface area contributed by atoms with E-state index in [0.29, 0.717) is 0 Å². The minimum absolute atomic E-state index is 0.113. The van der Waals surface area contributed by atoms with Gasteiger partial charge in [0.05, 0.1) is 13.2 Å². The summed E-state index contributed by atoms with van der Waals surface area (Å²) in [5.41, 5.74) is -0.113. The molecule has 0 saturated heterocycles. The van der Waals surface area contributed by atoms with E-state index >= 15 is 0 Å². The van der Waals surface area contributed by atoms with E-state index in [4.69, 9.17) is 9.47 Å². The summed E-state index contributed by atoms with van der Waals surface area (Å²) in [5, 5.41) is 0. The molecule has 0 unspecified atom stereocenters. The molecule has 0 aliphatic heterocycles. The molecule has 0 aliphatic rings. The summed E-state index contributed by atoms with van der Waals surface area (Å²) in [6, 6.07) is 0. The van der Waals surface area contributed by atoms with Crippen LogP contribution < -0.4 is 0 Å². The van der Waals surface area contributed by atoms with E-state index in [1.807, 2.05) is 25.2 Å². The fourth-order valence-corrected chi connectivity index (χ4v) is 1.07. The number of allylic oxidation sites excluding steroid dienone is 4. The second-order valence-electron chi connectivity index (χ2n) is 3.71. The molecule has 0 fully saturated rings. The molecule has 0 aromatic carbocycles. The third-order valence-electron chi connectivity index (χ3n) is 1.86. The Morgan fingerprint density at radius 1 is 0.947 bits per heavy atom. The molecule has 5 heteroatoms. The van der Waals surface area contributed by atoms with Crippen molar-refractivity contribution in [1.82, 2.24) is 4.90 Å². The molecule has 0 N–H and O–H groups in total.